The molecule has 2 N–H and O–H groups in total. The predicted octanol–water partition coefficient (Wildman–Crippen LogP) is 3.60. The van der Waals surface area contributed by atoms with E-state index in [1.54, 1.807) is 0 Å². The van der Waals surface area contributed by atoms with Crippen LogP contribution >= 0.6 is 0 Å². The van der Waals surface area contributed by atoms with Gasteiger partial charge in [-0.3, -0.25) is 4.68 Å². The number of alkyl halides is 3. The molecule has 0 radical (unpaired) electrons. The van der Waals surface area contributed by atoms with Crippen LogP contribution < -0.4 is 5.73 Å². The highest BCUT2D eigenvalue weighted by molar-refractivity contribution is 7.90. The molecule has 2 aliphatic rings. The zero-order chi connectivity index (χ0) is 24.3. The highest BCUT2D eigenvalue weighted by Gasteiger charge is 2.58. The van der Waals surface area contributed by atoms with Gasteiger partial charge in [0.05, 0.1) is 17.0 Å². The number of nitrogens with zero attached hydrogens (tertiary/aromatic N) is 4. The molecule has 0 bridgehead atoms. The van der Waals surface area contributed by atoms with Crippen molar-refractivity contribution in [3.05, 3.63) is 29.6 Å². The Morgan fingerprint density at radius 1 is 1.24 bits per heavy atom. The number of nitrogens with two attached hydrogens (primary N) is 1. The molecule has 0 saturated heterocycles. The third kappa shape index (κ3) is 4.89. The molecule has 33 heavy (non-hydrogen) atoms. The van der Waals surface area contributed by atoms with Crippen molar-refractivity contribution in [3.8, 4) is 11.3 Å². The molecule has 2 aromatic heterocycles. The molecule has 11 heteroatoms. The smallest absolute Gasteiger partial charge is 0.383 e. The standard InChI is InChI=1S/C22H30F3N5O2S/c1-12(2)30-19(10-18(28-30)13-7-17(22(23,24)25)21(26)27-11-13)20-15-8-14(9-16(15)20)29(3)5-6-33(4,31)32/h7,10-12,14-16,20H,5-6,8-9H2,1-4H3,(H2,26,27)/t14?,15-,16+,20+. The highest BCUT2D eigenvalue weighted by Crippen LogP contribution is 2.64. The molecular weight excluding hydrogens is 455 g/mol. The molecule has 1 unspecified atom stereocenters. The summed E-state index contributed by atoms with van der Waals surface area (Å²) in [6.07, 6.45) is -0.0301. The molecular formula is C22H30F3N5O2S. The maximum atomic E-state index is 13.3. The lowest BCUT2D eigenvalue weighted by Crippen LogP contribution is -2.34. The van der Waals surface area contributed by atoms with Crippen LogP contribution in [0.15, 0.2) is 18.3 Å². The van der Waals surface area contributed by atoms with Gasteiger partial charge in [-0.1, -0.05) is 0 Å². The van der Waals surface area contributed by atoms with Gasteiger partial charge < -0.3 is 10.6 Å². The van der Waals surface area contributed by atoms with Crippen LogP contribution in [-0.2, 0) is 16.0 Å². The fourth-order valence-electron chi connectivity index (χ4n) is 5.16. The number of nitrogen functional groups attached to an aromatic ring is 1. The third-order valence-corrected chi connectivity index (χ3v) is 7.90. The Bertz CT molecular complexity index is 1130. The monoisotopic (exact) mass is 485 g/mol. The first-order valence-electron chi connectivity index (χ1n) is 11.1. The average molecular weight is 486 g/mol. The van der Waals surface area contributed by atoms with Crippen LogP contribution in [0.4, 0.5) is 19.0 Å². The number of hydrogen-bond acceptors (Lipinski definition) is 6. The van der Waals surface area contributed by atoms with Crippen molar-refractivity contribution in [1.82, 2.24) is 19.7 Å². The van der Waals surface area contributed by atoms with E-state index >= 15 is 0 Å². The maximum absolute atomic E-state index is 13.3. The van der Waals surface area contributed by atoms with Crippen molar-refractivity contribution in [2.45, 2.75) is 50.9 Å². The van der Waals surface area contributed by atoms with E-state index in [9.17, 15) is 21.6 Å². The normalized spacial score (nSPS) is 25.1. The number of anilines is 1. The molecule has 0 spiro atoms. The first-order valence-corrected chi connectivity index (χ1v) is 13.1. The largest absolute Gasteiger partial charge is 0.419 e. The van der Waals surface area contributed by atoms with Crippen molar-refractivity contribution < 1.29 is 21.6 Å². The summed E-state index contributed by atoms with van der Waals surface area (Å²) in [6, 6.07) is 3.31. The Morgan fingerprint density at radius 3 is 2.42 bits per heavy atom. The van der Waals surface area contributed by atoms with Gasteiger partial charge in [-0.05, 0) is 57.7 Å². The van der Waals surface area contributed by atoms with Crippen molar-refractivity contribution in [2.24, 2.45) is 11.8 Å². The van der Waals surface area contributed by atoms with Crippen molar-refractivity contribution in [2.75, 3.05) is 31.3 Å². The van der Waals surface area contributed by atoms with Crippen molar-refractivity contribution in [1.29, 1.82) is 0 Å². The van der Waals surface area contributed by atoms with Crippen LogP contribution in [0.5, 0.6) is 0 Å². The number of pyridine rings is 1. The molecule has 0 aliphatic heterocycles. The maximum Gasteiger partial charge on any atom is 0.419 e. The van der Waals surface area contributed by atoms with Gasteiger partial charge in [0.25, 0.3) is 0 Å². The lowest BCUT2D eigenvalue weighted by molar-refractivity contribution is -0.137. The summed E-state index contributed by atoms with van der Waals surface area (Å²) in [4.78, 5) is 5.88. The Labute approximate surface area is 192 Å². The molecule has 0 aromatic carbocycles. The van der Waals surface area contributed by atoms with Crippen LogP contribution in [-0.4, -0.2) is 59.7 Å². The zero-order valence-electron chi connectivity index (χ0n) is 19.2. The number of aromatic nitrogens is 3. The first kappa shape index (κ1) is 24.0. The van der Waals surface area contributed by atoms with Gasteiger partial charge >= 0.3 is 6.18 Å². The lowest BCUT2D eigenvalue weighted by atomic mass is 10.0. The minimum Gasteiger partial charge on any atom is -0.383 e. The number of hydrogen-bond donors (Lipinski definition) is 1. The molecule has 4 rings (SSSR count). The SMILES string of the molecule is CC(C)n1nc(-c2cnc(N)c(C(F)(F)F)c2)cc1[C@H]1[C@@H]2CC(N(C)CCS(C)(=O)=O)C[C@@H]21. The van der Waals surface area contributed by atoms with Crippen LogP contribution in [0.3, 0.4) is 0 Å². The Balaban J connectivity index is 1.53. The Morgan fingerprint density at radius 2 is 1.88 bits per heavy atom. The molecule has 4 atom stereocenters. The first-order chi connectivity index (χ1) is 15.3. The molecule has 2 heterocycles. The van der Waals surface area contributed by atoms with E-state index in [0.717, 1.165) is 24.6 Å². The molecule has 2 saturated carbocycles. The van der Waals surface area contributed by atoms with Crippen LogP contribution in [0.25, 0.3) is 11.3 Å². The van der Waals surface area contributed by atoms with E-state index in [2.05, 4.69) is 15.0 Å². The van der Waals surface area contributed by atoms with Gasteiger partial charge in [0, 0.05) is 48.3 Å². The van der Waals surface area contributed by atoms with Crippen LogP contribution in [0.1, 0.15) is 49.9 Å². The summed E-state index contributed by atoms with van der Waals surface area (Å²) in [5, 5.41) is 4.62. The van der Waals surface area contributed by atoms with E-state index in [-0.39, 0.29) is 11.8 Å². The minimum atomic E-state index is -4.58. The van der Waals surface area contributed by atoms with E-state index in [4.69, 9.17) is 5.73 Å². The molecule has 2 aromatic rings. The number of sulfone groups is 1. The van der Waals surface area contributed by atoms with Crippen LogP contribution in [0.2, 0.25) is 0 Å². The second-order valence-electron chi connectivity index (χ2n) is 9.74. The number of fused-ring (bicyclic) bond motifs is 1. The third-order valence-electron chi connectivity index (χ3n) is 6.97. The summed E-state index contributed by atoms with van der Waals surface area (Å²) in [5.74, 6) is 0.883. The Hall–Kier alpha value is -2.14. The summed E-state index contributed by atoms with van der Waals surface area (Å²) in [5.41, 5.74) is 6.29. The van der Waals surface area contributed by atoms with E-state index < -0.39 is 27.4 Å². The molecule has 2 fully saturated rings. The van der Waals surface area contributed by atoms with Gasteiger partial charge in [-0.25, -0.2) is 13.4 Å². The lowest BCUT2D eigenvalue weighted by Gasteiger charge is -2.26. The van der Waals surface area contributed by atoms with Gasteiger partial charge in [0.2, 0.25) is 0 Å². The molecule has 182 valence electrons. The topological polar surface area (TPSA) is 94.1 Å². The predicted molar refractivity (Wildman–Crippen MR) is 120 cm³/mol. The molecule has 7 nitrogen and oxygen atoms in total. The molecule has 0 amide bonds. The van der Waals surface area contributed by atoms with E-state index in [0.29, 0.717) is 41.6 Å². The summed E-state index contributed by atoms with van der Waals surface area (Å²) in [6.45, 7) is 4.53. The Kier molecular flexibility index (Phi) is 6.01. The second-order valence-corrected chi connectivity index (χ2v) is 12.0. The van der Waals surface area contributed by atoms with Gasteiger partial charge in [0.1, 0.15) is 15.7 Å². The number of rotatable bonds is 7. The van der Waals surface area contributed by atoms with E-state index in [1.165, 1.54) is 12.5 Å². The fourth-order valence-corrected chi connectivity index (χ4v) is 5.78. The van der Waals surface area contributed by atoms with Crippen molar-refractivity contribution >= 4 is 15.7 Å². The fraction of sp³-hybridized carbons (Fsp3) is 0.636. The van der Waals surface area contributed by atoms with Gasteiger partial charge in [-0.2, -0.15) is 18.3 Å². The molecule has 2 aliphatic carbocycles. The second kappa shape index (κ2) is 8.26. The van der Waals surface area contributed by atoms with E-state index in [1.807, 2.05) is 31.6 Å². The van der Waals surface area contributed by atoms with Gasteiger partial charge in [0.15, 0.2) is 0 Å². The van der Waals surface area contributed by atoms with Gasteiger partial charge in [-0.15, -0.1) is 0 Å². The average Bonchev–Trinajstić information content (AvgIpc) is 3.07. The highest BCUT2D eigenvalue weighted by atomic mass is 32.2. The van der Waals surface area contributed by atoms with Crippen LogP contribution in [0, 0.1) is 11.8 Å². The number of halogens is 3. The summed E-state index contributed by atoms with van der Waals surface area (Å²) in [7, 11) is -1.02. The minimum absolute atomic E-state index is 0.0622. The summed E-state index contributed by atoms with van der Waals surface area (Å²) >= 11 is 0. The zero-order valence-corrected chi connectivity index (χ0v) is 20.0. The van der Waals surface area contributed by atoms with Crippen molar-refractivity contribution in [3.63, 3.8) is 0 Å². The summed E-state index contributed by atoms with van der Waals surface area (Å²) < 4.78 is 64.7. The quantitative estimate of drug-likeness (QED) is 0.644.